The second-order valence-corrected chi connectivity index (χ2v) is 9.18. The Morgan fingerprint density at radius 2 is 1.58 bits per heavy atom. The largest absolute Gasteiger partial charge is 0.395 e. The number of fused-ring (bicyclic) bond motifs is 1. The van der Waals surface area contributed by atoms with Gasteiger partial charge in [-0.3, -0.25) is 9.80 Å². The number of rotatable bonds is 6. The van der Waals surface area contributed by atoms with Crippen LogP contribution in [0.5, 0.6) is 0 Å². The predicted molar refractivity (Wildman–Crippen MR) is 132 cm³/mol. The molecule has 1 N–H and O–H groups in total. The minimum Gasteiger partial charge on any atom is -0.395 e. The Kier molecular flexibility index (Phi) is 6.91. The third-order valence-electron chi connectivity index (χ3n) is 7.06. The summed E-state index contributed by atoms with van der Waals surface area (Å²) < 4.78 is 0. The molecule has 5 rings (SSSR count). The van der Waals surface area contributed by atoms with Crippen molar-refractivity contribution in [3.63, 3.8) is 0 Å². The van der Waals surface area contributed by atoms with Crippen molar-refractivity contribution in [1.82, 2.24) is 19.8 Å². The van der Waals surface area contributed by atoms with Gasteiger partial charge >= 0.3 is 0 Å². The third-order valence-corrected chi connectivity index (χ3v) is 7.06. The zero-order valence-electron chi connectivity index (χ0n) is 19.0. The molecule has 2 saturated heterocycles. The number of nitrogens with zero attached hydrogens (tertiary/aromatic N) is 4. The fourth-order valence-corrected chi connectivity index (χ4v) is 5.41. The van der Waals surface area contributed by atoms with Gasteiger partial charge in [-0.05, 0) is 42.6 Å². The Morgan fingerprint density at radius 3 is 2.30 bits per heavy atom. The number of aromatic nitrogens is 2. The van der Waals surface area contributed by atoms with Gasteiger partial charge in [0.25, 0.3) is 0 Å². The molecule has 170 valence electrons. The highest BCUT2D eigenvalue weighted by Gasteiger charge is 2.48. The van der Waals surface area contributed by atoms with Crippen molar-refractivity contribution in [3.05, 3.63) is 95.6 Å². The molecule has 5 heteroatoms. The first kappa shape index (κ1) is 22.0. The Bertz CT molecular complexity index is 1040. The van der Waals surface area contributed by atoms with Gasteiger partial charge in [0.15, 0.2) is 0 Å². The van der Waals surface area contributed by atoms with E-state index in [4.69, 9.17) is 0 Å². The van der Waals surface area contributed by atoms with Crippen LogP contribution >= 0.6 is 0 Å². The van der Waals surface area contributed by atoms with Crippen LogP contribution in [0.25, 0.3) is 12.2 Å². The molecule has 0 aliphatic carbocycles. The number of hydrogen-bond donors (Lipinski definition) is 1. The van der Waals surface area contributed by atoms with Gasteiger partial charge in [0.2, 0.25) is 0 Å². The standard InChI is InChI=1S/C28H32N4O/c33-20-27-28(25-12-10-23(11-13-25)9-8-22-6-2-1-3-7-22)26-19-31(14-4-5-15-32(26)27)18-24-16-29-21-30-17-24/h1-3,6-13,16-17,21,26-28,33H,4-5,14-15,18-20H2/b9-8+/t26-,27-,28-/m1/s1. The highest BCUT2D eigenvalue weighted by atomic mass is 16.3. The fraction of sp³-hybridized carbons (Fsp3) is 0.357. The van der Waals surface area contributed by atoms with Gasteiger partial charge < -0.3 is 5.11 Å². The lowest BCUT2D eigenvalue weighted by Crippen LogP contribution is -2.67. The molecule has 0 amide bonds. The summed E-state index contributed by atoms with van der Waals surface area (Å²) >= 11 is 0. The lowest BCUT2D eigenvalue weighted by atomic mass is 9.74. The molecule has 3 aromatic rings. The van der Waals surface area contributed by atoms with Crippen molar-refractivity contribution in [2.75, 3.05) is 26.2 Å². The number of hydrogen-bond acceptors (Lipinski definition) is 5. The maximum absolute atomic E-state index is 10.2. The first-order valence-electron chi connectivity index (χ1n) is 12.0. The average Bonchev–Trinajstić information content (AvgIpc) is 2.85. The molecule has 3 atom stereocenters. The van der Waals surface area contributed by atoms with Crippen LogP contribution in [0.4, 0.5) is 0 Å². The van der Waals surface area contributed by atoms with Gasteiger partial charge in [0, 0.05) is 49.0 Å². The van der Waals surface area contributed by atoms with Gasteiger partial charge in [0.1, 0.15) is 6.33 Å². The summed E-state index contributed by atoms with van der Waals surface area (Å²) in [6.45, 7) is 4.27. The Hall–Kier alpha value is -2.86. The minimum atomic E-state index is 0.209. The van der Waals surface area contributed by atoms with Crippen molar-refractivity contribution < 1.29 is 5.11 Å². The lowest BCUT2D eigenvalue weighted by Gasteiger charge is -2.57. The van der Waals surface area contributed by atoms with E-state index in [9.17, 15) is 5.11 Å². The molecule has 3 heterocycles. The van der Waals surface area contributed by atoms with Crippen LogP contribution in [0.1, 0.15) is 41.0 Å². The Labute approximate surface area is 196 Å². The molecule has 2 aromatic carbocycles. The highest BCUT2D eigenvalue weighted by Crippen LogP contribution is 2.42. The van der Waals surface area contributed by atoms with E-state index >= 15 is 0 Å². The van der Waals surface area contributed by atoms with Gasteiger partial charge in [-0.15, -0.1) is 0 Å². The van der Waals surface area contributed by atoms with Crippen molar-refractivity contribution in [1.29, 1.82) is 0 Å². The van der Waals surface area contributed by atoms with Gasteiger partial charge in [-0.1, -0.05) is 66.7 Å². The van der Waals surface area contributed by atoms with Crippen molar-refractivity contribution >= 4 is 12.2 Å². The SMILES string of the molecule is OC[C@@H]1[C@H](c2ccc(/C=C/c3ccccc3)cc2)[C@H]2CN(Cc3cncnc3)CCCCN12. The summed E-state index contributed by atoms with van der Waals surface area (Å²) in [5, 5.41) is 10.2. The summed E-state index contributed by atoms with van der Waals surface area (Å²) in [4.78, 5) is 13.4. The lowest BCUT2D eigenvalue weighted by molar-refractivity contribution is -0.0655. The molecule has 0 bridgehead atoms. The molecular formula is C28H32N4O. The maximum Gasteiger partial charge on any atom is 0.115 e. The molecule has 5 nitrogen and oxygen atoms in total. The molecule has 2 aliphatic heterocycles. The quantitative estimate of drug-likeness (QED) is 0.586. The van der Waals surface area contributed by atoms with Crippen molar-refractivity contribution in [2.24, 2.45) is 0 Å². The van der Waals surface area contributed by atoms with Crippen LogP contribution in [-0.4, -0.2) is 63.2 Å². The monoisotopic (exact) mass is 440 g/mol. The Balaban J connectivity index is 1.31. The molecule has 0 saturated carbocycles. The normalized spacial score (nSPS) is 24.1. The second kappa shape index (κ2) is 10.4. The van der Waals surface area contributed by atoms with E-state index in [-0.39, 0.29) is 12.6 Å². The molecular weight excluding hydrogens is 408 g/mol. The summed E-state index contributed by atoms with van der Waals surface area (Å²) in [6.07, 6.45) is 12.1. The maximum atomic E-state index is 10.2. The molecule has 2 fully saturated rings. The van der Waals surface area contributed by atoms with E-state index in [1.807, 2.05) is 18.5 Å². The average molecular weight is 441 g/mol. The summed E-state index contributed by atoms with van der Waals surface area (Å²) in [7, 11) is 0. The number of aliphatic hydroxyl groups excluding tert-OH is 1. The molecule has 0 spiro atoms. The van der Waals surface area contributed by atoms with E-state index in [2.05, 4.69) is 80.5 Å². The molecule has 0 radical (unpaired) electrons. The smallest absolute Gasteiger partial charge is 0.115 e. The zero-order valence-corrected chi connectivity index (χ0v) is 19.0. The highest BCUT2D eigenvalue weighted by molar-refractivity contribution is 5.69. The first-order chi connectivity index (χ1) is 16.3. The molecule has 33 heavy (non-hydrogen) atoms. The Morgan fingerprint density at radius 1 is 0.879 bits per heavy atom. The first-order valence-corrected chi connectivity index (χ1v) is 12.0. The van der Waals surface area contributed by atoms with Crippen LogP contribution in [-0.2, 0) is 6.54 Å². The van der Waals surface area contributed by atoms with Crippen LogP contribution in [0, 0.1) is 0 Å². The number of aliphatic hydroxyl groups is 1. The van der Waals surface area contributed by atoms with Gasteiger partial charge in [-0.2, -0.15) is 0 Å². The van der Waals surface area contributed by atoms with E-state index < -0.39 is 0 Å². The topological polar surface area (TPSA) is 52.5 Å². The second-order valence-electron chi connectivity index (χ2n) is 9.18. The molecule has 2 aliphatic rings. The van der Waals surface area contributed by atoms with E-state index in [1.54, 1.807) is 6.33 Å². The van der Waals surface area contributed by atoms with Crippen molar-refractivity contribution in [3.8, 4) is 0 Å². The van der Waals surface area contributed by atoms with E-state index in [0.29, 0.717) is 12.0 Å². The fourth-order valence-electron chi connectivity index (χ4n) is 5.41. The van der Waals surface area contributed by atoms with Gasteiger partial charge in [-0.25, -0.2) is 9.97 Å². The third kappa shape index (κ3) is 5.06. The molecule has 1 aromatic heterocycles. The van der Waals surface area contributed by atoms with Crippen LogP contribution in [0.3, 0.4) is 0 Å². The van der Waals surface area contributed by atoms with Crippen LogP contribution in [0.15, 0.2) is 73.3 Å². The number of benzene rings is 2. The summed E-state index contributed by atoms with van der Waals surface area (Å²) in [6, 6.07) is 19.9. The van der Waals surface area contributed by atoms with Gasteiger partial charge in [0.05, 0.1) is 6.61 Å². The van der Waals surface area contributed by atoms with Crippen LogP contribution < -0.4 is 0 Å². The van der Waals surface area contributed by atoms with Crippen molar-refractivity contribution in [2.45, 2.75) is 37.4 Å². The van der Waals surface area contributed by atoms with Crippen LogP contribution in [0.2, 0.25) is 0 Å². The molecule has 0 unspecified atom stereocenters. The summed E-state index contributed by atoms with van der Waals surface area (Å²) in [5.74, 6) is 0.356. The summed E-state index contributed by atoms with van der Waals surface area (Å²) in [5.41, 5.74) is 4.89. The zero-order chi connectivity index (χ0) is 22.5. The minimum absolute atomic E-state index is 0.209. The predicted octanol–water partition coefficient (Wildman–Crippen LogP) is 4.07. The van der Waals surface area contributed by atoms with E-state index in [0.717, 1.165) is 31.7 Å². The van der Waals surface area contributed by atoms with E-state index in [1.165, 1.54) is 29.5 Å².